The normalized spacial score (nSPS) is 26.3. The molecule has 2 heterocycles. The van der Waals surface area contributed by atoms with Gasteiger partial charge in [-0.2, -0.15) is 11.8 Å². The van der Waals surface area contributed by atoms with E-state index in [-0.39, 0.29) is 23.1 Å². The number of hydrogen-bond donors (Lipinski definition) is 1. The molecule has 4 nitrogen and oxygen atoms in total. The lowest BCUT2D eigenvalue weighted by atomic mass is 9.89. The first kappa shape index (κ1) is 16.1. The van der Waals surface area contributed by atoms with Gasteiger partial charge in [-0.05, 0) is 26.7 Å². The van der Waals surface area contributed by atoms with Gasteiger partial charge in [-0.25, -0.2) is 0 Å². The second-order valence-electron chi connectivity index (χ2n) is 5.60. The summed E-state index contributed by atoms with van der Waals surface area (Å²) in [4.78, 5) is 14.4. The Bertz CT molecular complexity index is 306. The maximum atomic E-state index is 12.5. The van der Waals surface area contributed by atoms with Crippen LogP contribution in [0.2, 0.25) is 0 Å². The third-order valence-electron chi connectivity index (χ3n) is 3.52. The fraction of sp³-hybridized carbons (Fsp3) is 0.917. The van der Waals surface area contributed by atoms with E-state index in [0.717, 1.165) is 18.8 Å². The Kier molecular flexibility index (Phi) is 5.35. The molecule has 106 valence electrons. The molecule has 0 aliphatic carbocycles. The molecule has 0 bridgehead atoms. The molecule has 18 heavy (non-hydrogen) atoms. The Balaban J connectivity index is 0.00000162. The summed E-state index contributed by atoms with van der Waals surface area (Å²) in [6.45, 7) is 7.21. The van der Waals surface area contributed by atoms with E-state index in [2.05, 4.69) is 13.8 Å². The van der Waals surface area contributed by atoms with Gasteiger partial charge in [0.25, 0.3) is 0 Å². The lowest BCUT2D eigenvalue weighted by Gasteiger charge is -2.42. The summed E-state index contributed by atoms with van der Waals surface area (Å²) in [5.41, 5.74) is 5.56. The maximum Gasteiger partial charge on any atom is 0.242 e. The van der Waals surface area contributed by atoms with Crippen LogP contribution in [0.1, 0.15) is 26.7 Å². The lowest BCUT2D eigenvalue weighted by molar-refractivity contribution is -0.140. The van der Waals surface area contributed by atoms with Crippen LogP contribution in [-0.4, -0.2) is 53.1 Å². The van der Waals surface area contributed by atoms with Gasteiger partial charge in [0.15, 0.2) is 0 Å². The van der Waals surface area contributed by atoms with E-state index < -0.39 is 5.54 Å². The molecule has 2 fully saturated rings. The highest BCUT2D eigenvalue weighted by atomic mass is 35.5. The largest absolute Gasteiger partial charge is 0.381 e. The number of ether oxygens (including phenoxy) is 1. The zero-order valence-corrected chi connectivity index (χ0v) is 12.7. The van der Waals surface area contributed by atoms with Gasteiger partial charge in [0.2, 0.25) is 5.91 Å². The van der Waals surface area contributed by atoms with Crippen LogP contribution < -0.4 is 5.73 Å². The van der Waals surface area contributed by atoms with Crippen molar-refractivity contribution in [2.45, 2.75) is 37.0 Å². The molecule has 1 amide bonds. The van der Waals surface area contributed by atoms with Crippen molar-refractivity contribution in [3.05, 3.63) is 0 Å². The summed E-state index contributed by atoms with van der Waals surface area (Å²) >= 11 is 1.93. The standard InChI is InChI=1S/C12H22N2O2S.ClH/c1-11(2)9-14(5-8-17-11)10(15)12(13)3-6-16-7-4-12;/h3-9,13H2,1-2H3;1H. The highest BCUT2D eigenvalue weighted by molar-refractivity contribution is 8.00. The summed E-state index contributed by atoms with van der Waals surface area (Å²) < 4.78 is 5.44. The zero-order valence-electron chi connectivity index (χ0n) is 11.1. The molecule has 0 radical (unpaired) electrons. The summed E-state index contributed by atoms with van der Waals surface area (Å²) in [6, 6.07) is 0. The van der Waals surface area contributed by atoms with Gasteiger partial charge in [0.05, 0.1) is 5.54 Å². The molecule has 0 atom stereocenters. The highest BCUT2D eigenvalue weighted by Crippen LogP contribution is 2.31. The van der Waals surface area contributed by atoms with Crippen LogP contribution in [0, 0.1) is 0 Å². The van der Waals surface area contributed by atoms with Crippen molar-refractivity contribution in [2.75, 3.05) is 32.1 Å². The van der Waals surface area contributed by atoms with Crippen molar-refractivity contribution in [3.63, 3.8) is 0 Å². The molecular weight excluding hydrogens is 272 g/mol. The van der Waals surface area contributed by atoms with Crippen LogP contribution in [0.15, 0.2) is 0 Å². The van der Waals surface area contributed by atoms with Crippen LogP contribution in [0.25, 0.3) is 0 Å². The first-order valence-corrected chi connectivity index (χ1v) is 7.22. The molecule has 2 rings (SSSR count). The summed E-state index contributed by atoms with van der Waals surface area (Å²) in [6.07, 6.45) is 1.30. The molecule has 2 saturated heterocycles. The Morgan fingerprint density at radius 3 is 2.50 bits per heavy atom. The minimum absolute atomic E-state index is 0. The van der Waals surface area contributed by atoms with E-state index >= 15 is 0 Å². The fourth-order valence-corrected chi connectivity index (χ4v) is 3.57. The number of carbonyl (C=O) groups excluding carboxylic acids is 1. The maximum absolute atomic E-state index is 12.5. The lowest BCUT2D eigenvalue weighted by Crippen LogP contribution is -2.61. The predicted molar refractivity (Wildman–Crippen MR) is 77.3 cm³/mol. The number of nitrogens with two attached hydrogens (primary N) is 1. The molecule has 0 aromatic carbocycles. The molecule has 0 saturated carbocycles. The van der Waals surface area contributed by atoms with Crippen molar-refractivity contribution < 1.29 is 9.53 Å². The molecule has 2 N–H and O–H groups in total. The number of amides is 1. The molecule has 0 aromatic rings. The van der Waals surface area contributed by atoms with Crippen molar-refractivity contribution in [1.82, 2.24) is 4.90 Å². The minimum atomic E-state index is -0.684. The summed E-state index contributed by atoms with van der Waals surface area (Å²) in [5.74, 6) is 1.12. The van der Waals surface area contributed by atoms with E-state index in [1.54, 1.807) is 0 Å². The number of thioether (sulfide) groups is 1. The Labute approximate surface area is 119 Å². The van der Waals surface area contributed by atoms with Crippen LogP contribution in [0.5, 0.6) is 0 Å². The third-order valence-corrected chi connectivity index (χ3v) is 4.82. The van der Waals surface area contributed by atoms with Gasteiger partial charge in [0, 0.05) is 36.8 Å². The Morgan fingerprint density at radius 2 is 1.94 bits per heavy atom. The van der Waals surface area contributed by atoms with Crippen LogP contribution in [-0.2, 0) is 9.53 Å². The van der Waals surface area contributed by atoms with Gasteiger partial charge in [-0.15, -0.1) is 12.4 Å². The number of hydrogen-bond acceptors (Lipinski definition) is 4. The summed E-state index contributed by atoms with van der Waals surface area (Å²) in [5, 5.41) is 0. The first-order valence-electron chi connectivity index (χ1n) is 6.23. The van der Waals surface area contributed by atoms with E-state index in [9.17, 15) is 4.79 Å². The monoisotopic (exact) mass is 294 g/mol. The average molecular weight is 295 g/mol. The van der Waals surface area contributed by atoms with Gasteiger partial charge in [0.1, 0.15) is 0 Å². The SMILES string of the molecule is CC1(C)CN(C(=O)C2(N)CCOCC2)CCS1.Cl. The number of nitrogens with zero attached hydrogens (tertiary/aromatic N) is 1. The molecule has 0 aromatic heterocycles. The fourth-order valence-electron chi connectivity index (χ4n) is 2.45. The quantitative estimate of drug-likeness (QED) is 0.791. The zero-order chi connectivity index (χ0) is 12.5. The van der Waals surface area contributed by atoms with Crippen molar-refractivity contribution in [1.29, 1.82) is 0 Å². The molecule has 0 spiro atoms. The first-order chi connectivity index (χ1) is 7.93. The van der Waals surface area contributed by atoms with Crippen LogP contribution in [0.4, 0.5) is 0 Å². The predicted octanol–water partition coefficient (Wildman–Crippen LogP) is 1.27. The Hall–Kier alpha value is 0.0300. The number of halogens is 1. The van der Waals surface area contributed by atoms with E-state index in [1.807, 2.05) is 16.7 Å². The van der Waals surface area contributed by atoms with E-state index in [1.165, 1.54) is 0 Å². The average Bonchev–Trinajstić information content (AvgIpc) is 2.27. The van der Waals surface area contributed by atoms with Gasteiger partial charge < -0.3 is 15.4 Å². The molecule has 6 heteroatoms. The van der Waals surface area contributed by atoms with Gasteiger partial charge in [-0.3, -0.25) is 4.79 Å². The highest BCUT2D eigenvalue weighted by Gasteiger charge is 2.41. The van der Waals surface area contributed by atoms with Crippen LogP contribution in [0.3, 0.4) is 0 Å². The molecule has 2 aliphatic rings. The van der Waals surface area contributed by atoms with Gasteiger partial charge in [-0.1, -0.05) is 0 Å². The van der Waals surface area contributed by atoms with E-state index in [4.69, 9.17) is 10.5 Å². The minimum Gasteiger partial charge on any atom is -0.381 e. The van der Waals surface area contributed by atoms with Crippen LogP contribution >= 0.6 is 24.2 Å². The second-order valence-corrected chi connectivity index (χ2v) is 7.41. The van der Waals surface area contributed by atoms with Crippen molar-refractivity contribution in [3.8, 4) is 0 Å². The van der Waals surface area contributed by atoms with Gasteiger partial charge >= 0.3 is 0 Å². The number of rotatable bonds is 1. The molecule has 2 aliphatic heterocycles. The molecule has 0 unspecified atom stereocenters. The van der Waals surface area contributed by atoms with Crippen molar-refractivity contribution in [2.24, 2.45) is 5.73 Å². The number of carbonyl (C=O) groups is 1. The summed E-state index contributed by atoms with van der Waals surface area (Å²) in [7, 11) is 0. The topological polar surface area (TPSA) is 55.6 Å². The Morgan fingerprint density at radius 1 is 1.33 bits per heavy atom. The molecular formula is C12H23ClN2O2S. The van der Waals surface area contributed by atoms with Crippen molar-refractivity contribution >= 4 is 30.1 Å². The third kappa shape index (κ3) is 3.53. The second kappa shape index (κ2) is 5.99. The van der Waals surface area contributed by atoms with E-state index in [0.29, 0.717) is 26.1 Å². The smallest absolute Gasteiger partial charge is 0.242 e.